The van der Waals surface area contributed by atoms with E-state index in [0.717, 1.165) is 25.7 Å². The van der Waals surface area contributed by atoms with Crippen LogP contribution in [-0.2, 0) is 24.3 Å². The number of hydrogen-bond acceptors (Lipinski definition) is 3. The molecule has 0 saturated carbocycles. The molecule has 0 N–H and O–H groups in total. The van der Waals surface area contributed by atoms with Crippen molar-refractivity contribution in [2.45, 2.75) is 409 Å². The first-order valence-electron chi connectivity index (χ1n) is 41.3. The fourth-order valence-corrected chi connectivity index (χ4v) is 23.2. The van der Waals surface area contributed by atoms with Crippen molar-refractivity contribution in [3.63, 3.8) is 0 Å². The van der Waals surface area contributed by atoms with Crippen molar-refractivity contribution in [1.82, 2.24) is 0 Å². The summed E-state index contributed by atoms with van der Waals surface area (Å²) in [6, 6.07) is 47.5. The van der Waals surface area contributed by atoms with E-state index in [1.54, 1.807) is 0 Å². The van der Waals surface area contributed by atoms with Gasteiger partial charge >= 0.3 is 7.94 Å². The van der Waals surface area contributed by atoms with Crippen LogP contribution < -0.4 is 0 Å². The molecule has 4 aromatic carbocycles. The molecule has 0 aromatic heterocycles. The topological polar surface area (TPSA) is 27.7 Å². The van der Waals surface area contributed by atoms with Crippen LogP contribution in [0, 0.1) is 5.41 Å². The monoisotopic (exact) mass is 1290 g/mol. The fourth-order valence-electron chi connectivity index (χ4n) is 18.5. The van der Waals surface area contributed by atoms with Gasteiger partial charge in [0.2, 0.25) is 5.16 Å². The molecule has 0 amide bonds. The first-order chi connectivity index (χ1) is 46.0. The number of unbranched alkanes of at least 4 members (excludes halogenated alkanes) is 48. The van der Waals surface area contributed by atoms with Crippen LogP contribution in [0.1, 0.15) is 410 Å². The van der Waals surface area contributed by atoms with Gasteiger partial charge in [-0.25, -0.2) is 0 Å². The SMILES string of the molecule is CCCCCCCCCCCCCCCC1(CCCCCCCCCCCCCCC)O[P+]23OC(CCCCCCCCCCCCCCC)(CCCCCCCCCCCCCCC)C1(C(c1ccccc1)(c1ccccc1)O2)C3(c1ccccc1)c1ccccc1. The number of rotatable bonds is 60. The molecule has 0 spiro atoms. The Morgan fingerprint density at radius 3 is 0.602 bits per heavy atom. The highest BCUT2D eigenvalue weighted by molar-refractivity contribution is 7.64. The smallest absolute Gasteiger partial charge is 0.169 e. The fraction of sp³-hybridized carbons (Fsp3) is 0.730. The molecule has 3 saturated heterocycles. The Morgan fingerprint density at radius 2 is 0.398 bits per heavy atom. The zero-order valence-corrected chi connectivity index (χ0v) is 62.2. The molecule has 93 heavy (non-hydrogen) atoms. The zero-order chi connectivity index (χ0) is 65.2. The maximum Gasteiger partial charge on any atom is 0.430 e. The van der Waals surface area contributed by atoms with E-state index in [2.05, 4.69) is 149 Å². The Hall–Kier alpha value is -2.81. The minimum absolute atomic E-state index is 0.530. The van der Waals surface area contributed by atoms with Crippen LogP contribution in [0.15, 0.2) is 121 Å². The van der Waals surface area contributed by atoms with Crippen molar-refractivity contribution in [2.75, 3.05) is 0 Å². The highest BCUT2D eigenvalue weighted by Crippen LogP contribution is 3.07. The van der Waals surface area contributed by atoms with Gasteiger partial charge < -0.3 is 0 Å². The van der Waals surface area contributed by atoms with E-state index in [0.29, 0.717) is 0 Å². The van der Waals surface area contributed by atoms with Gasteiger partial charge in [0.1, 0.15) is 16.6 Å². The lowest BCUT2D eigenvalue weighted by molar-refractivity contribution is -0.295. The van der Waals surface area contributed by atoms with E-state index in [9.17, 15) is 0 Å². The van der Waals surface area contributed by atoms with Crippen molar-refractivity contribution >= 4 is 7.94 Å². The second kappa shape index (κ2) is 45.0. The van der Waals surface area contributed by atoms with E-state index in [-0.39, 0.29) is 0 Å². The standard InChI is InChI=1S/C89H144O3P/c1-5-9-13-17-21-25-29-33-37-41-45-49-65-77-85(78-66-50-46-42-38-34-30-26-22-18-14-10-6-2)89-86(79-67-51-47-43-39-35-31-27-23-19-15-11-7-3,80-68-52-48-44-40-36-32-28-24-20-16-12-8-4)91-93(90-85,88(89,83-73-61-55-62-74-83)84-75-63-56-64-76-84)92-87(89,81-69-57-53-58-70-81)82-71-59-54-60-72-82/h53-64,69-76H,5-52,65-68,77-80H2,1-4H3/q+1. The predicted octanol–water partition coefficient (Wildman–Crippen LogP) is 30.1. The highest BCUT2D eigenvalue weighted by atomic mass is 31.2. The second-order valence-corrected chi connectivity index (χ2v) is 32.5. The summed E-state index contributed by atoms with van der Waals surface area (Å²) in [4.78, 5) is 0. The van der Waals surface area contributed by atoms with Gasteiger partial charge in [-0.05, 0) is 36.8 Å². The van der Waals surface area contributed by atoms with Crippen LogP contribution in [-0.4, -0.2) is 11.2 Å². The molecule has 3 aliphatic heterocycles. The van der Waals surface area contributed by atoms with Crippen molar-refractivity contribution in [2.24, 2.45) is 5.41 Å². The molecule has 0 radical (unpaired) electrons. The molecule has 7 rings (SSSR count). The number of hydrogen-bond donors (Lipinski definition) is 0. The average molecular weight is 1290 g/mol. The lowest BCUT2D eigenvalue weighted by Gasteiger charge is -2.62. The van der Waals surface area contributed by atoms with E-state index in [4.69, 9.17) is 13.6 Å². The van der Waals surface area contributed by atoms with Gasteiger partial charge in [-0.2, -0.15) is 13.6 Å². The molecule has 0 atom stereocenters. The molecule has 522 valence electrons. The molecule has 3 nitrogen and oxygen atoms in total. The summed E-state index contributed by atoms with van der Waals surface area (Å²) in [5.74, 6) is 0. The van der Waals surface area contributed by atoms with Crippen LogP contribution in [0.4, 0.5) is 0 Å². The molecule has 4 heteroatoms. The first kappa shape index (κ1) is 77.5. The van der Waals surface area contributed by atoms with E-state index < -0.39 is 35.3 Å². The third-order valence-electron chi connectivity index (χ3n) is 23.2. The normalized spacial score (nSPS) is 18.9. The maximum absolute atomic E-state index is 8.72. The summed E-state index contributed by atoms with van der Waals surface area (Å²) < 4.78 is 26.1. The van der Waals surface area contributed by atoms with Crippen molar-refractivity contribution in [3.8, 4) is 0 Å². The van der Waals surface area contributed by atoms with Crippen LogP contribution in [0.3, 0.4) is 0 Å². The molecular formula is C89H144O3P+. The van der Waals surface area contributed by atoms with Gasteiger partial charge in [0, 0.05) is 11.1 Å². The van der Waals surface area contributed by atoms with Crippen LogP contribution in [0.5, 0.6) is 0 Å². The zero-order valence-electron chi connectivity index (χ0n) is 61.3. The van der Waals surface area contributed by atoms with Crippen molar-refractivity contribution in [1.29, 1.82) is 0 Å². The molecule has 3 heterocycles. The molecular weight excluding hydrogens is 1150 g/mol. The summed E-state index contributed by atoms with van der Waals surface area (Å²) in [6.07, 6.45) is 74.7. The first-order valence-corrected chi connectivity index (χ1v) is 42.8. The Bertz CT molecular complexity index is 2210. The third-order valence-corrected chi connectivity index (χ3v) is 26.5. The summed E-state index contributed by atoms with van der Waals surface area (Å²) in [6.45, 7) is 9.33. The largest absolute Gasteiger partial charge is 0.430 e. The van der Waals surface area contributed by atoms with E-state index in [1.165, 1.54) is 356 Å². The minimum Gasteiger partial charge on any atom is -0.169 e. The van der Waals surface area contributed by atoms with Crippen LogP contribution in [0.2, 0.25) is 0 Å². The summed E-state index contributed by atoms with van der Waals surface area (Å²) in [5.41, 5.74) is 2.67. The average Bonchev–Trinajstić information content (AvgIpc) is 1.41. The molecule has 3 aliphatic rings. The second-order valence-electron chi connectivity index (χ2n) is 30.3. The Morgan fingerprint density at radius 1 is 0.215 bits per heavy atom. The maximum atomic E-state index is 8.72. The number of benzene rings is 4. The Balaban J connectivity index is 1.29. The summed E-state index contributed by atoms with van der Waals surface area (Å²) in [7, 11) is -3.40. The summed E-state index contributed by atoms with van der Waals surface area (Å²) >= 11 is 0. The van der Waals surface area contributed by atoms with Gasteiger partial charge in [-0.15, -0.1) is 0 Å². The van der Waals surface area contributed by atoms with Gasteiger partial charge in [-0.3, -0.25) is 0 Å². The van der Waals surface area contributed by atoms with Gasteiger partial charge in [-0.1, -0.05) is 483 Å². The molecule has 2 bridgehead atoms. The van der Waals surface area contributed by atoms with E-state index in [1.807, 2.05) is 0 Å². The molecule has 4 aromatic rings. The van der Waals surface area contributed by atoms with Gasteiger partial charge in [0.15, 0.2) is 5.60 Å². The van der Waals surface area contributed by atoms with Crippen molar-refractivity contribution < 1.29 is 13.6 Å². The van der Waals surface area contributed by atoms with Crippen LogP contribution >= 0.6 is 7.94 Å². The quantitative estimate of drug-likeness (QED) is 0.0326. The van der Waals surface area contributed by atoms with Crippen LogP contribution in [0.25, 0.3) is 0 Å². The molecule has 3 fully saturated rings. The van der Waals surface area contributed by atoms with Gasteiger partial charge in [0.25, 0.3) is 0 Å². The third kappa shape index (κ3) is 20.9. The highest BCUT2D eigenvalue weighted by Gasteiger charge is 3.09. The van der Waals surface area contributed by atoms with Gasteiger partial charge in [0.05, 0.1) is 0 Å². The Labute approximate surface area is 576 Å². The minimum atomic E-state index is -3.40. The van der Waals surface area contributed by atoms with E-state index >= 15 is 0 Å². The Kier molecular flexibility index (Phi) is 37.5. The molecule has 0 aliphatic carbocycles. The van der Waals surface area contributed by atoms with Crippen molar-refractivity contribution in [3.05, 3.63) is 144 Å². The molecule has 0 unspecified atom stereocenters. The lowest BCUT2D eigenvalue weighted by Crippen LogP contribution is -2.75. The predicted molar refractivity (Wildman–Crippen MR) is 407 cm³/mol. The lowest BCUT2D eigenvalue weighted by atomic mass is 9.40. The summed E-state index contributed by atoms with van der Waals surface area (Å²) in [5, 5.41) is -0.700.